The number of ether oxygens (including phenoxy) is 1. The highest BCUT2D eigenvalue weighted by atomic mass is 32.1. The van der Waals surface area contributed by atoms with Crippen molar-refractivity contribution in [2.75, 3.05) is 14.1 Å². The van der Waals surface area contributed by atoms with E-state index in [1.165, 1.54) is 0 Å². The molecular weight excluding hydrogens is 440 g/mol. The van der Waals surface area contributed by atoms with E-state index in [-0.39, 0.29) is 16.9 Å². The Balaban J connectivity index is 0.00000118. The van der Waals surface area contributed by atoms with E-state index >= 15 is 0 Å². The normalized spacial score (nSPS) is 12.3. The first-order valence-corrected chi connectivity index (χ1v) is 11.2. The zero-order chi connectivity index (χ0) is 24.9. The van der Waals surface area contributed by atoms with E-state index in [1.54, 1.807) is 4.90 Å². The van der Waals surface area contributed by atoms with E-state index in [4.69, 9.17) is 21.7 Å². The second-order valence-electron chi connectivity index (χ2n) is 9.87. The van der Waals surface area contributed by atoms with Gasteiger partial charge < -0.3 is 20.5 Å². The average molecular weight is 477 g/mol. The molecule has 2 aromatic rings. The van der Waals surface area contributed by atoms with Gasteiger partial charge in [0.2, 0.25) is 0 Å². The number of hydrogen-bond acceptors (Lipinski definition) is 4. The minimum absolute atomic E-state index is 0.205. The molecule has 0 aliphatic carbocycles. The fourth-order valence-electron chi connectivity index (χ4n) is 3.11. The zero-order valence-corrected chi connectivity index (χ0v) is 22.0. The van der Waals surface area contributed by atoms with Crippen LogP contribution in [0.5, 0.6) is 5.75 Å². The van der Waals surface area contributed by atoms with Crippen molar-refractivity contribution in [1.29, 1.82) is 0 Å². The summed E-state index contributed by atoms with van der Waals surface area (Å²) in [5.74, 6) is 0.366. The molecule has 0 bridgehead atoms. The fraction of sp³-hybridized carbons (Fsp3) is 0.440. The number of rotatable bonds is 3. The number of phenolic OH excluding ortho intramolecular Hbond substituents is 1. The fourth-order valence-corrected chi connectivity index (χ4v) is 3.21. The van der Waals surface area contributed by atoms with Crippen LogP contribution in [0.3, 0.4) is 0 Å². The van der Waals surface area contributed by atoms with E-state index in [0.29, 0.717) is 10.9 Å². The van der Waals surface area contributed by atoms with Crippen LogP contribution in [0.25, 0.3) is 0 Å². The molecule has 0 aromatic heterocycles. The standard InChI is InChI=1S/C24H33NO2S.CH3NOS/c1-23(2,3)18-14-17(15-19(20(18)26)24(4,5)6)21(27-22(28)25(7)8)16-12-10-9-11-13-16;2-1(3)4/h9-15,21,26H,1-8H3;(H3,2,3,4). The van der Waals surface area contributed by atoms with Gasteiger partial charge in [-0.2, -0.15) is 0 Å². The van der Waals surface area contributed by atoms with Gasteiger partial charge in [0.1, 0.15) is 5.75 Å². The summed E-state index contributed by atoms with van der Waals surface area (Å²) in [4.78, 5) is 10.9. The number of primary amides is 1. The lowest BCUT2D eigenvalue weighted by Gasteiger charge is -2.30. The number of nitrogens with zero attached hydrogens (tertiary/aromatic N) is 1. The highest BCUT2D eigenvalue weighted by Crippen LogP contribution is 2.42. The average Bonchev–Trinajstić information content (AvgIpc) is 2.64. The van der Waals surface area contributed by atoms with Crippen LogP contribution in [0.15, 0.2) is 42.5 Å². The third kappa shape index (κ3) is 8.02. The zero-order valence-electron chi connectivity index (χ0n) is 20.3. The Morgan fingerprint density at radius 1 is 1.00 bits per heavy atom. The number of phenols is 1. The Morgan fingerprint density at radius 3 is 1.75 bits per heavy atom. The predicted molar refractivity (Wildman–Crippen MR) is 140 cm³/mol. The van der Waals surface area contributed by atoms with E-state index in [9.17, 15) is 5.11 Å². The van der Waals surface area contributed by atoms with Gasteiger partial charge in [0, 0.05) is 14.1 Å². The number of aromatic hydroxyl groups is 1. The molecule has 2 rings (SSSR count). The summed E-state index contributed by atoms with van der Waals surface area (Å²) < 4.78 is 6.23. The van der Waals surface area contributed by atoms with E-state index < -0.39 is 5.24 Å². The van der Waals surface area contributed by atoms with Crippen LogP contribution >= 0.6 is 24.8 Å². The summed E-state index contributed by atoms with van der Waals surface area (Å²) in [6, 6.07) is 14.2. The number of thiol groups is 1. The maximum absolute atomic E-state index is 11.0. The molecule has 0 saturated carbocycles. The molecule has 32 heavy (non-hydrogen) atoms. The first-order chi connectivity index (χ1) is 14.6. The third-order valence-electron chi connectivity index (χ3n) is 4.74. The van der Waals surface area contributed by atoms with E-state index in [0.717, 1.165) is 22.3 Å². The molecule has 0 aliphatic rings. The van der Waals surface area contributed by atoms with Gasteiger partial charge in [-0.1, -0.05) is 84.5 Å². The molecule has 7 heteroatoms. The van der Waals surface area contributed by atoms with Crippen molar-refractivity contribution >= 4 is 35.3 Å². The first-order valence-electron chi connectivity index (χ1n) is 10.3. The van der Waals surface area contributed by atoms with Crippen molar-refractivity contribution in [1.82, 2.24) is 4.90 Å². The Bertz CT molecular complexity index is 891. The highest BCUT2D eigenvalue weighted by Gasteiger charge is 2.29. The Kier molecular flexibility index (Phi) is 9.60. The Morgan fingerprint density at radius 2 is 1.41 bits per heavy atom. The lowest BCUT2D eigenvalue weighted by molar-refractivity contribution is 0.206. The molecule has 1 unspecified atom stereocenters. The van der Waals surface area contributed by atoms with Crippen LogP contribution in [0.2, 0.25) is 0 Å². The summed E-state index contributed by atoms with van der Waals surface area (Å²) >= 11 is 8.55. The van der Waals surface area contributed by atoms with Crippen LogP contribution in [-0.2, 0) is 15.6 Å². The molecule has 0 heterocycles. The van der Waals surface area contributed by atoms with Crippen LogP contribution < -0.4 is 5.73 Å². The molecule has 0 radical (unpaired) electrons. The molecule has 2 aromatic carbocycles. The minimum Gasteiger partial charge on any atom is -0.507 e. The van der Waals surface area contributed by atoms with Gasteiger partial charge >= 0.3 is 0 Å². The van der Waals surface area contributed by atoms with Crippen molar-refractivity contribution in [2.24, 2.45) is 5.73 Å². The summed E-state index contributed by atoms with van der Waals surface area (Å²) in [7, 11) is 3.75. The predicted octanol–water partition coefficient (Wildman–Crippen LogP) is 5.93. The lowest BCUT2D eigenvalue weighted by atomic mass is 9.77. The third-order valence-corrected chi connectivity index (χ3v) is 5.20. The van der Waals surface area contributed by atoms with Gasteiger partial charge in [0.05, 0.1) is 0 Å². The number of carbonyl (C=O) groups excluding carboxylic acids is 1. The van der Waals surface area contributed by atoms with Crippen LogP contribution in [0, 0.1) is 0 Å². The summed E-state index contributed by atoms with van der Waals surface area (Å²) in [6.45, 7) is 12.7. The Hall–Kier alpha value is -2.25. The quantitative estimate of drug-likeness (QED) is 0.378. The number of carbonyl (C=O) groups is 1. The maximum atomic E-state index is 11.0. The molecule has 0 fully saturated rings. The molecule has 5 nitrogen and oxygen atoms in total. The molecule has 0 aliphatic heterocycles. The topological polar surface area (TPSA) is 75.8 Å². The molecule has 0 spiro atoms. The molecule has 0 saturated heterocycles. The van der Waals surface area contributed by atoms with E-state index in [2.05, 4.69) is 72.0 Å². The van der Waals surface area contributed by atoms with Gasteiger partial charge in [-0.25, -0.2) is 0 Å². The second kappa shape index (κ2) is 11.1. The van der Waals surface area contributed by atoms with Crippen LogP contribution in [-0.4, -0.2) is 34.5 Å². The van der Waals surface area contributed by atoms with Crippen molar-refractivity contribution in [3.8, 4) is 5.75 Å². The molecule has 176 valence electrons. The van der Waals surface area contributed by atoms with Gasteiger partial charge in [-0.05, 0) is 57.4 Å². The van der Waals surface area contributed by atoms with Crippen LogP contribution in [0.4, 0.5) is 4.79 Å². The molecule has 1 atom stereocenters. The van der Waals surface area contributed by atoms with Gasteiger partial charge in [0.15, 0.2) is 6.10 Å². The SMILES string of the molecule is CN(C)C(=S)OC(c1ccccc1)c1cc(C(C)(C)C)c(O)c(C(C)(C)C)c1.NC(=O)S. The number of amides is 1. The number of hydrogen-bond donors (Lipinski definition) is 3. The minimum atomic E-state index is -0.639. The molecule has 3 N–H and O–H groups in total. The number of benzene rings is 2. The highest BCUT2D eigenvalue weighted by molar-refractivity contribution is 7.96. The van der Waals surface area contributed by atoms with Gasteiger partial charge in [0.25, 0.3) is 10.4 Å². The van der Waals surface area contributed by atoms with Crippen molar-refractivity contribution in [3.05, 3.63) is 64.7 Å². The largest absolute Gasteiger partial charge is 0.507 e. The van der Waals surface area contributed by atoms with Crippen molar-refractivity contribution in [2.45, 2.75) is 58.5 Å². The van der Waals surface area contributed by atoms with Crippen LogP contribution in [0.1, 0.15) is 69.9 Å². The first kappa shape index (κ1) is 27.8. The number of thiocarbonyl (C=S) groups is 1. The van der Waals surface area contributed by atoms with Gasteiger partial charge in [-0.3, -0.25) is 4.79 Å². The summed E-state index contributed by atoms with van der Waals surface area (Å²) in [5, 5.41) is 10.8. The summed E-state index contributed by atoms with van der Waals surface area (Å²) in [6.07, 6.45) is -0.348. The van der Waals surface area contributed by atoms with Gasteiger partial charge in [-0.15, -0.1) is 0 Å². The van der Waals surface area contributed by atoms with Crippen molar-refractivity contribution in [3.63, 3.8) is 0 Å². The lowest BCUT2D eigenvalue weighted by Crippen LogP contribution is -2.25. The van der Waals surface area contributed by atoms with E-state index in [1.807, 2.05) is 44.4 Å². The Labute approximate surface area is 203 Å². The second-order valence-corrected chi connectivity index (χ2v) is 10.7. The summed E-state index contributed by atoms with van der Waals surface area (Å²) in [5.41, 5.74) is 7.77. The number of nitrogens with two attached hydrogens (primary N) is 1. The smallest absolute Gasteiger partial charge is 0.273 e. The maximum Gasteiger partial charge on any atom is 0.273 e. The van der Waals surface area contributed by atoms with Crippen molar-refractivity contribution < 1.29 is 14.6 Å². The molecular formula is C25H36N2O3S2. The molecule has 1 amide bonds. The monoisotopic (exact) mass is 476 g/mol.